The van der Waals surface area contributed by atoms with Gasteiger partial charge in [0.15, 0.2) is 0 Å². The first kappa shape index (κ1) is 21.1. The maximum absolute atomic E-state index is 13.1. The van der Waals surface area contributed by atoms with Crippen molar-refractivity contribution in [2.45, 2.75) is 44.2 Å². The summed E-state index contributed by atoms with van der Waals surface area (Å²) in [5, 5.41) is 0. The van der Waals surface area contributed by atoms with Crippen LogP contribution in [0.15, 0.2) is 41.3 Å². The lowest BCUT2D eigenvalue weighted by Crippen LogP contribution is -2.39. The molecule has 1 fully saturated rings. The van der Waals surface area contributed by atoms with E-state index in [1.807, 2.05) is 24.0 Å². The number of nitrogens with two attached hydrogens (primary N) is 1. The molecule has 1 heterocycles. The summed E-state index contributed by atoms with van der Waals surface area (Å²) in [4.78, 5) is 13.9. The molecule has 0 radical (unpaired) electrons. The highest BCUT2D eigenvalue weighted by Gasteiger charge is 2.29. The van der Waals surface area contributed by atoms with E-state index in [0.717, 1.165) is 30.5 Å². The number of benzene rings is 2. The van der Waals surface area contributed by atoms with Crippen LogP contribution in [-0.2, 0) is 21.4 Å². The molecule has 0 aliphatic carbocycles. The summed E-state index contributed by atoms with van der Waals surface area (Å²) < 4.78 is 34.2. The highest BCUT2D eigenvalue weighted by molar-refractivity contribution is 7.92. The summed E-state index contributed by atoms with van der Waals surface area (Å²) in [6, 6.07) is 10.2. The fraction of sp³-hybridized carbons (Fsp3) is 0.381. The van der Waals surface area contributed by atoms with Crippen LogP contribution in [0.1, 0.15) is 29.5 Å². The van der Waals surface area contributed by atoms with Gasteiger partial charge >= 0.3 is 0 Å². The lowest BCUT2D eigenvalue weighted by Gasteiger charge is -2.23. The van der Waals surface area contributed by atoms with Gasteiger partial charge in [0.2, 0.25) is 5.91 Å². The standard InChI is InChI=1S/C21H27N3O4S/c1-14-12-20(15(2)11-19(14)28-3)29(26,27)23-17-8-5-4-7-16(17)13-24-10-6-9-18(24)21(22)25/h4-5,7-8,11-12,18,23H,6,9-10,13H2,1-3H3,(H2,22,25)/t18-/m1/s1. The molecule has 1 aliphatic rings. The van der Waals surface area contributed by atoms with Gasteiger partial charge in [-0.15, -0.1) is 0 Å². The van der Waals surface area contributed by atoms with Gasteiger partial charge in [-0.3, -0.25) is 14.4 Å². The number of rotatable bonds is 7. The fourth-order valence-electron chi connectivity index (χ4n) is 3.79. The molecule has 1 amide bonds. The highest BCUT2D eigenvalue weighted by atomic mass is 32.2. The number of sulfonamides is 1. The Labute approximate surface area is 171 Å². The Morgan fingerprint density at radius 3 is 2.66 bits per heavy atom. The van der Waals surface area contributed by atoms with Gasteiger partial charge in [0.05, 0.1) is 23.7 Å². The molecule has 0 bridgehead atoms. The Bertz CT molecular complexity index is 1020. The van der Waals surface area contributed by atoms with Gasteiger partial charge in [-0.2, -0.15) is 0 Å². The van der Waals surface area contributed by atoms with E-state index in [-0.39, 0.29) is 16.8 Å². The van der Waals surface area contributed by atoms with Gasteiger partial charge in [-0.05, 0) is 68.1 Å². The van der Waals surface area contributed by atoms with E-state index in [4.69, 9.17) is 10.5 Å². The second-order valence-electron chi connectivity index (χ2n) is 7.38. The van der Waals surface area contributed by atoms with Crippen LogP contribution >= 0.6 is 0 Å². The zero-order valence-corrected chi connectivity index (χ0v) is 17.8. The van der Waals surface area contributed by atoms with Crippen molar-refractivity contribution in [2.24, 2.45) is 5.73 Å². The first-order chi connectivity index (χ1) is 13.7. The predicted molar refractivity (Wildman–Crippen MR) is 112 cm³/mol. The van der Waals surface area contributed by atoms with E-state index >= 15 is 0 Å². The van der Waals surface area contributed by atoms with Gasteiger partial charge in [-0.1, -0.05) is 18.2 Å². The second-order valence-corrected chi connectivity index (χ2v) is 9.03. The number of likely N-dealkylation sites (tertiary alicyclic amines) is 1. The number of primary amides is 1. The van der Waals surface area contributed by atoms with Crippen molar-refractivity contribution in [3.63, 3.8) is 0 Å². The molecule has 0 aromatic heterocycles. The molecular weight excluding hydrogens is 390 g/mol. The molecule has 156 valence electrons. The Balaban J connectivity index is 1.89. The predicted octanol–water partition coefficient (Wildman–Crippen LogP) is 2.56. The number of carbonyl (C=O) groups is 1. The monoisotopic (exact) mass is 417 g/mol. The molecule has 1 atom stereocenters. The molecule has 0 saturated carbocycles. The first-order valence-corrected chi connectivity index (χ1v) is 11.0. The van der Waals surface area contributed by atoms with Gasteiger partial charge in [0.25, 0.3) is 10.0 Å². The number of para-hydroxylation sites is 1. The number of anilines is 1. The molecule has 29 heavy (non-hydrogen) atoms. The van der Waals surface area contributed by atoms with E-state index < -0.39 is 10.0 Å². The van der Waals surface area contributed by atoms with Gasteiger partial charge in [-0.25, -0.2) is 8.42 Å². The van der Waals surface area contributed by atoms with Crippen molar-refractivity contribution < 1.29 is 17.9 Å². The molecule has 0 unspecified atom stereocenters. The van der Waals surface area contributed by atoms with E-state index in [0.29, 0.717) is 23.5 Å². The second kappa shape index (κ2) is 8.42. The third-order valence-electron chi connectivity index (χ3n) is 5.31. The zero-order valence-electron chi connectivity index (χ0n) is 16.9. The van der Waals surface area contributed by atoms with Crippen LogP contribution in [0.25, 0.3) is 0 Å². The number of hydrogen-bond donors (Lipinski definition) is 2. The number of methoxy groups -OCH3 is 1. The molecule has 0 spiro atoms. The lowest BCUT2D eigenvalue weighted by atomic mass is 10.1. The summed E-state index contributed by atoms with van der Waals surface area (Å²) in [7, 11) is -2.24. The molecule has 3 rings (SSSR count). The first-order valence-electron chi connectivity index (χ1n) is 9.52. The Kier molecular flexibility index (Phi) is 6.14. The number of nitrogens with zero attached hydrogens (tertiary/aromatic N) is 1. The van der Waals surface area contributed by atoms with Gasteiger partial charge in [0.1, 0.15) is 5.75 Å². The van der Waals surface area contributed by atoms with Crippen LogP contribution < -0.4 is 15.2 Å². The number of aryl methyl sites for hydroxylation is 2. The molecule has 2 aromatic carbocycles. The minimum atomic E-state index is -3.79. The maximum atomic E-state index is 13.1. The number of hydrogen-bond acceptors (Lipinski definition) is 5. The summed E-state index contributed by atoms with van der Waals surface area (Å²) in [5.74, 6) is 0.304. The Morgan fingerprint density at radius 2 is 1.97 bits per heavy atom. The van der Waals surface area contributed by atoms with Gasteiger partial charge < -0.3 is 10.5 Å². The molecule has 8 heteroatoms. The smallest absolute Gasteiger partial charge is 0.262 e. The Hall–Kier alpha value is -2.58. The van der Waals surface area contributed by atoms with Crippen molar-refractivity contribution >= 4 is 21.6 Å². The van der Waals surface area contributed by atoms with Crippen LogP contribution in [0.5, 0.6) is 5.75 Å². The normalized spacial score (nSPS) is 17.3. The molecule has 2 aromatic rings. The van der Waals surface area contributed by atoms with E-state index in [1.54, 1.807) is 38.3 Å². The van der Waals surface area contributed by atoms with Crippen molar-refractivity contribution in [1.82, 2.24) is 4.90 Å². The van der Waals surface area contributed by atoms with Crippen molar-refractivity contribution in [1.29, 1.82) is 0 Å². The molecule has 3 N–H and O–H groups in total. The Morgan fingerprint density at radius 1 is 1.24 bits per heavy atom. The van der Waals surface area contributed by atoms with Crippen LogP contribution in [0.4, 0.5) is 5.69 Å². The average Bonchev–Trinajstić information content (AvgIpc) is 3.13. The van der Waals surface area contributed by atoms with Gasteiger partial charge in [0, 0.05) is 6.54 Å². The van der Waals surface area contributed by atoms with Crippen LogP contribution in [0.2, 0.25) is 0 Å². The molecule has 7 nitrogen and oxygen atoms in total. The number of ether oxygens (including phenoxy) is 1. The average molecular weight is 418 g/mol. The van der Waals surface area contributed by atoms with E-state index in [9.17, 15) is 13.2 Å². The summed E-state index contributed by atoms with van der Waals surface area (Å²) in [5.41, 5.74) is 8.15. The third kappa shape index (κ3) is 4.54. The highest BCUT2D eigenvalue weighted by Crippen LogP contribution is 2.29. The molecule has 1 aliphatic heterocycles. The minimum absolute atomic E-state index is 0.210. The lowest BCUT2D eigenvalue weighted by molar-refractivity contribution is -0.122. The van der Waals surface area contributed by atoms with E-state index in [2.05, 4.69) is 4.72 Å². The van der Waals surface area contributed by atoms with Crippen molar-refractivity contribution in [2.75, 3.05) is 18.4 Å². The minimum Gasteiger partial charge on any atom is -0.496 e. The van der Waals surface area contributed by atoms with Crippen LogP contribution in [0.3, 0.4) is 0 Å². The maximum Gasteiger partial charge on any atom is 0.262 e. The summed E-state index contributed by atoms with van der Waals surface area (Å²) >= 11 is 0. The SMILES string of the molecule is COc1cc(C)c(S(=O)(=O)Nc2ccccc2CN2CCC[C@@H]2C(N)=O)cc1C. The topological polar surface area (TPSA) is 102 Å². The summed E-state index contributed by atoms with van der Waals surface area (Å²) in [6.45, 7) is 4.76. The quantitative estimate of drug-likeness (QED) is 0.721. The van der Waals surface area contributed by atoms with Crippen LogP contribution in [0, 0.1) is 13.8 Å². The third-order valence-corrected chi connectivity index (χ3v) is 6.82. The van der Waals surface area contributed by atoms with Crippen molar-refractivity contribution in [3.8, 4) is 5.75 Å². The largest absolute Gasteiger partial charge is 0.496 e. The van der Waals surface area contributed by atoms with Crippen molar-refractivity contribution in [3.05, 3.63) is 53.1 Å². The number of carbonyl (C=O) groups excluding carboxylic acids is 1. The summed E-state index contributed by atoms with van der Waals surface area (Å²) in [6.07, 6.45) is 1.62. The van der Waals surface area contributed by atoms with E-state index in [1.165, 1.54) is 0 Å². The number of nitrogens with one attached hydrogen (secondary N) is 1. The molecular formula is C21H27N3O4S. The van der Waals surface area contributed by atoms with Crippen LogP contribution in [-0.4, -0.2) is 38.9 Å². The number of amides is 1. The fourth-order valence-corrected chi connectivity index (χ4v) is 5.20. The zero-order chi connectivity index (χ0) is 21.2. The molecule has 1 saturated heterocycles.